The topological polar surface area (TPSA) is 50.2 Å². The Kier molecular flexibility index (Phi) is 4.62. The number of pyridine rings is 1. The third-order valence-electron chi connectivity index (χ3n) is 2.20. The first-order valence-electron chi connectivity index (χ1n) is 4.96. The third-order valence-corrected chi connectivity index (χ3v) is 3.54. The number of hydrogen-bond acceptors (Lipinski definition) is 3. The van der Waals surface area contributed by atoms with Crippen molar-refractivity contribution >= 4 is 17.7 Å². The van der Waals surface area contributed by atoms with Crippen molar-refractivity contribution in [1.82, 2.24) is 4.98 Å². The van der Waals surface area contributed by atoms with Gasteiger partial charge in [0.2, 0.25) is 0 Å². The van der Waals surface area contributed by atoms with Crippen LogP contribution in [0.3, 0.4) is 0 Å². The van der Waals surface area contributed by atoms with Crippen molar-refractivity contribution < 1.29 is 9.90 Å². The predicted molar refractivity (Wildman–Crippen MR) is 61.4 cm³/mol. The van der Waals surface area contributed by atoms with Crippen LogP contribution < -0.4 is 0 Å². The number of nitrogens with zero attached hydrogens (tertiary/aromatic N) is 1. The lowest BCUT2D eigenvalue weighted by Gasteiger charge is -2.08. The molecule has 0 aliphatic carbocycles. The first-order chi connectivity index (χ1) is 7.15. The predicted octanol–water partition coefficient (Wildman–Crippen LogP) is 2.92. The molecule has 15 heavy (non-hydrogen) atoms. The van der Waals surface area contributed by atoms with Gasteiger partial charge in [-0.25, -0.2) is 9.78 Å². The molecular weight excluding hydrogens is 210 g/mol. The Morgan fingerprint density at radius 3 is 3.00 bits per heavy atom. The number of aromatic carboxylic acids is 1. The first-order valence-corrected chi connectivity index (χ1v) is 5.94. The Balaban J connectivity index is 2.72. The van der Waals surface area contributed by atoms with Gasteiger partial charge < -0.3 is 5.11 Å². The SMILES string of the molecule is CCC(C)CSc1ncccc1C(=O)O. The van der Waals surface area contributed by atoms with Crippen molar-refractivity contribution in [1.29, 1.82) is 0 Å². The van der Waals surface area contributed by atoms with Crippen molar-refractivity contribution in [3.8, 4) is 0 Å². The summed E-state index contributed by atoms with van der Waals surface area (Å²) in [6.45, 7) is 4.28. The van der Waals surface area contributed by atoms with E-state index in [1.807, 2.05) is 0 Å². The van der Waals surface area contributed by atoms with E-state index in [2.05, 4.69) is 18.8 Å². The number of thioether (sulfide) groups is 1. The number of aromatic nitrogens is 1. The fourth-order valence-corrected chi connectivity index (χ4v) is 2.13. The zero-order valence-electron chi connectivity index (χ0n) is 8.93. The highest BCUT2D eigenvalue weighted by molar-refractivity contribution is 7.99. The van der Waals surface area contributed by atoms with E-state index in [1.165, 1.54) is 11.8 Å². The second-order valence-electron chi connectivity index (χ2n) is 3.49. The lowest BCUT2D eigenvalue weighted by molar-refractivity contribution is 0.0692. The van der Waals surface area contributed by atoms with Gasteiger partial charge in [0.1, 0.15) is 5.03 Å². The molecule has 1 aromatic heterocycles. The van der Waals surface area contributed by atoms with Gasteiger partial charge in [-0.2, -0.15) is 0 Å². The molecule has 3 nitrogen and oxygen atoms in total. The molecule has 82 valence electrons. The molecule has 1 unspecified atom stereocenters. The quantitative estimate of drug-likeness (QED) is 0.783. The molecule has 0 saturated heterocycles. The molecule has 0 aromatic carbocycles. The van der Waals surface area contributed by atoms with E-state index in [0.29, 0.717) is 16.5 Å². The average molecular weight is 225 g/mol. The minimum absolute atomic E-state index is 0.297. The molecule has 0 radical (unpaired) electrons. The molecule has 1 atom stereocenters. The Hall–Kier alpha value is -1.03. The molecule has 1 rings (SSSR count). The molecule has 0 saturated carbocycles. The van der Waals surface area contributed by atoms with Crippen molar-refractivity contribution in [2.45, 2.75) is 25.3 Å². The summed E-state index contributed by atoms with van der Waals surface area (Å²) < 4.78 is 0. The van der Waals surface area contributed by atoms with Gasteiger partial charge in [0.25, 0.3) is 0 Å². The van der Waals surface area contributed by atoms with Gasteiger partial charge in [0, 0.05) is 11.9 Å². The van der Waals surface area contributed by atoms with Gasteiger partial charge in [-0.1, -0.05) is 20.3 Å². The molecule has 1 aromatic rings. The Morgan fingerprint density at radius 1 is 1.67 bits per heavy atom. The summed E-state index contributed by atoms with van der Waals surface area (Å²) in [7, 11) is 0. The lowest BCUT2D eigenvalue weighted by atomic mass is 10.2. The number of carbonyl (C=O) groups is 1. The highest BCUT2D eigenvalue weighted by Crippen LogP contribution is 2.23. The van der Waals surface area contributed by atoms with E-state index >= 15 is 0 Å². The molecule has 0 spiro atoms. The van der Waals surface area contributed by atoms with Crippen LogP contribution in [0.25, 0.3) is 0 Å². The molecule has 4 heteroatoms. The molecule has 0 aliphatic rings. The van der Waals surface area contributed by atoms with Gasteiger partial charge in [-0.05, 0) is 18.1 Å². The van der Waals surface area contributed by atoms with Crippen LogP contribution >= 0.6 is 11.8 Å². The van der Waals surface area contributed by atoms with E-state index in [-0.39, 0.29) is 0 Å². The smallest absolute Gasteiger partial charge is 0.338 e. The van der Waals surface area contributed by atoms with E-state index in [9.17, 15) is 4.79 Å². The first kappa shape index (κ1) is 12.0. The second-order valence-corrected chi connectivity index (χ2v) is 4.49. The summed E-state index contributed by atoms with van der Waals surface area (Å²) in [5.74, 6) is 0.585. The number of rotatable bonds is 5. The van der Waals surface area contributed by atoms with Gasteiger partial charge >= 0.3 is 5.97 Å². The van der Waals surface area contributed by atoms with E-state index in [4.69, 9.17) is 5.11 Å². The van der Waals surface area contributed by atoms with Crippen LogP contribution in [-0.2, 0) is 0 Å². The molecule has 0 aliphatic heterocycles. The minimum Gasteiger partial charge on any atom is -0.478 e. The largest absolute Gasteiger partial charge is 0.478 e. The maximum atomic E-state index is 10.9. The zero-order valence-corrected chi connectivity index (χ0v) is 9.75. The van der Waals surface area contributed by atoms with Crippen LogP contribution in [0.4, 0.5) is 0 Å². The fraction of sp³-hybridized carbons (Fsp3) is 0.455. The van der Waals surface area contributed by atoms with Crippen molar-refractivity contribution in [2.75, 3.05) is 5.75 Å². The molecule has 0 bridgehead atoms. The number of hydrogen-bond donors (Lipinski definition) is 1. The molecule has 1 N–H and O–H groups in total. The van der Waals surface area contributed by atoms with Gasteiger partial charge in [-0.3, -0.25) is 0 Å². The Bertz CT molecular complexity index is 341. The average Bonchev–Trinajstić information content (AvgIpc) is 2.26. The summed E-state index contributed by atoms with van der Waals surface area (Å²) in [4.78, 5) is 15.0. The van der Waals surface area contributed by atoms with E-state index in [0.717, 1.165) is 12.2 Å². The lowest BCUT2D eigenvalue weighted by Crippen LogP contribution is -2.02. The van der Waals surface area contributed by atoms with Gasteiger partial charge in [0.05, 0.1) is 5.56 Å². The minimum atomic E-state index is -0.908. The number of carboxylic acids is 1. The zero-order chi connectivity index (χ0) is 11.3. The van der Waals surface area contributed by atoms with Crippen molar-refractivity contribution in [3.63, 3.8) is 0 Å². The van der Waals surface area contributed by atoms with Crippen LogP contribution in [0.2, 0.25) is 0 Å². The maximum absolute atomic E-state index is 10.9. The van der Waals surface area contributed by atoms with Crippen molar-refractivity contribution in [3.05, 3.63) is 23.9 Å². The highest BCUT2D eigenvalue weighted by atomic mass is 32.2. The maximum Gasteiger partial charge on any atom is 0.338 e. The van der Waals surface area contributed by atoms with Crippen LogP contribution in [-0.4, -0.2) is 21.8 Å². The van der Waals surface area contributed by atoms with Crippen LogP contribution in [0.5, 0.6) is 0 Å². The molecule has 1 heterocycles. The fourth-order valence-electron chi connectivity index (χ4n) is 1.01. The summed E-state index contributed by atoms with van der Waals surface area (Å²) in [5, 5.41) is 9.55. The second kappa shape index (κ2) is 5.75. The van der Waals surface area contributed by atoms with E-state index in [1.54, 1.807) is 18.3 Å². The summed E-state index contributed by atoms with van der Waals surface area (Å²) in [6, 6.07) is 3.24. The van der Waals surface area contributed by atoms with Crippen molar-refractivity contribution in [2.24, 2.45) is 5.92 Å². The summed E-state index contributed by atoms with van der Waals surface area (Å²) in [5.41, 5.74) is 0.297. The monoisotopic (exact) mass is 225 g/mol. The number of carboxylic acid groups (broad SMARTS) is 1. The van der Waals surface area contributed by atoms with E-state index < -0.39 is 5.97 Å². The van der Waals surface area contributed by atoms with Gasteiger partial charge in [0.15, 0.2) is 0 Å². The normalized spacial score (nSPS) is 12.4. The summed E-state index contributed by atoms with van der Waals surface area (Å²) in [6.07, 6.45) is 2.73. The van der Waals surface area contributed by atoms with Gasteiger partial charge in [-0.15, -0.1) is 11.8 Å². The Morgan fingerprint density at radius 2 is 2.40 bits per heavy atom. The molecular formula is C11H15NO2S. The molecule has 0 fully saturated rings. The Labute approximate surface area is 93.9 Å². The van der Waals surface area contributed by atoms with Crippen LogP contribution in [0.1, 0.15) is 30.6 Å². The highest BCUT2D eigenvalue weighted by Gasteiger charge is 2.11. The van der Waals surface area contributed by atoms with Crippen LogP contribution in [0, 0.1) is 5.92 Å². The third kappa shape index (κ3) is 3.55. The standard InChI is InChI=1S/C11H15NO2S/c1-3-8(2)7-15-10-9(11(13)14)5-4-6-12-10/h4-6,8H,3,7H2,1-2H3,(H,13,14). The van der Waals surface area contributed by atoms with Crippen LogP contribution in [0.15, 0.2) is 23.4 Å². The summed E-state index contributed by atoms with van der Waals surface area (Å²) >= 11 is 1.52. The molecule has 0 amide bonds.